The van der Waals surface area contributed by atoms with Crippen LogP contribution in [-0.4, -0.2) is 351 Å². The number of allylic oxidation sites excluding steroid dienone is 2. The lowest BCUT2D eigenvalue weighted by Gasteiger charge is -2.71. The van der Waals surface area contributed by atoms with Crippen LogP contribution in [0.3, 0.4) is 0 Å². The lowest BCUT2D eigenvalue weighted by Crippen LogP contribution is -2.68. The number of carbonyl (C=O) groups is 4. The molecule has 0 aromatic rings. The number of rotatable bonds is 19. The first-order valence-electron chi connectivity index (χ1n) is 37.8. The van der Waals surface area contributed by atoms with Crippen LogP contribution in [0.2, 0.25) is 0 Å². The van der Waals surface area contributed by atoms with Gasteiger partial charge >= 0.3 is 17.9 Å². The van der Waals surface area contributed by atoms with E-state index in [4.69, 9.17) is 71.1 Å². The largest absolute Gasteiger partial charge is 0.479 e. The van der Waals surface area contributed by atoms with Crippen LogP contribution in [0.15, 0.2) is 11.6 Å². The van der Waals surface area contributed by atoms with Crippen molar-refractivity contribution in [2.75, 3.05) is 26.4 Å². The van der Waals surface area contributed by atoms with Crippen LogP contribution in [-0.2, 0) is 90.2 Å². The molecule has 0 amide bonds. The van der Waals surface area contributed by atoms with Crippen LogP contribution in [0, 0.1) is 50.2 Å². The van der Waals surface area contributed by atoms with Crippen molar-refractivity contribution in [1.82, 2.24) is 0 Å². The summed E-state index contributed by atoms with van der Waals surface area (Å²) in [5, 5.41) is 196. The zero-order valence-electron chi connectivity index (χ0n) is 62.2. The van der Waals surface area contributed by atoms with E-state index >= 15 is 4.79 Å². The van der Waals surface area contributed by atoms with E-state index in [1.165, 1.54) is 13.8 Å². The molecule has 18 N–H and O–H groups in total. The zero-order chi connectivity index (χ0) is 79.6. The fraction of sp³-hybridized carbons (Fsp3) is 0.917. The van der Waals surface area contributed by atoms with Crippen molar-refractivity contribution in [3.05, 3.63) is 11.6 Å². The van der Waals surface area contributed by atoms with E-state index < -0.39 is 292 Å². The van der Waals surface area contributed by atoms with E-state index in [1.54, 1.807) is 6.92 Å². The summed E-state index contributed by atoms with van der Waals surface area (Å²) in [5.74, 6) is -4.22. The number of fused-ring (bicyclic) bond motifs is 7. The third-order valence-electron chi connectivity index (χ3n) is 27.1. The molecule has 109 heavy (non-hydrogen) atoms. The van der Waals surface area contributed by atoms with Crippen LogP contribution in [0.4, 0.5) is 0 Å². The second-order valence-corrected chi connectivity index (χ2v) is 34.1. The molecule has 12 rings (SSSR count). The molecule has 42 atom stereocenters. The topological polar surface area (TPSA) is 571 Å². The van der Waals surface area contributed by atoms with E-state index in [-0.39, 0.29) is 17.8 Å². The van der Waals surface area contributed by atoms with E-state index in [9.17, 15) is 106 Å². The number of ether oxygens (including phenoxy) is 15. The fourth-order valence-corrected chi connectivity index (χ4v) is 20.5. The number of aliphatic hydroxyl groups excluding tert-OH is 17. The lowest BCUT2D eigenvalue weighted by atomic mass is 9.33. The number of aliphatic carboxylic acids is 1. The van der Waals surface area contributed by atoms with Crippen LogP contribution in [0.25, 0.3) is 0 Å². The zero-order valence-corrected chi connectivity index (χ0v) is 62.2. The molecular formula is C72H112O37. The Morgan fingerprint density at radius 3 is 1.62 bits per heavy atom. The monoisotopic (exact) mass is 1570 g/mol. The standard InChI is InChI=1S/C72H112O37/c1-26-51(103-60-50(91)53(32(78)24-96-60)104-62-45(86)41(82)39(80)33(21-73)100-62)43(84)47(88)61(97-26)107-56-48(89)52(99-28(3)76)27(2)98-64(56)109-66(94)72-18-16-67(4,5)20-30(72)29-10-11-36-68(6)14-13-37(69(7,25-75)35(68)12-15-71(36,9)70(29,8)17-19-72)102-65-57(108-63-46(87)42(83)40(81)34(22-74)101-63)54(49(90)55(106-65)58(92)93)105-59-44(85)38(79)31(77)23-95-59/h10,25-27,30-57,59-65,73-74,77-91H,11-24H2,1-9H3,(H,92,93)/t26-,27+,30-,31+,32+,33+,34+,35?,36?,37-,38-,39+,40-,41-,42-,43-,44+,45+,46+,47+,48-,49-,50+,51-,52-,53-,54-,55-,56+,57+,59-,60-,61-,62-,63-,64-,65+,68-,69-,70+,71+,72-/m0/s1. The molecule has 7 heterocycles. The molecular weight excluding hydrogens is 1460 g/mol. The summed E-state index contributed by atoms with van der Waals surface area (Å²) in [7, 11) is 0. The van der Waals surface area contributed by atoms with E-state index in [1.807, 2.05) is 0 Å². The van der Waals surface area contributed by atoms with Gasteiger partial charge in [0.05, 0.1) is 55.6 Å². The van der Waals surface area contributed by atoms with Crippen LogP contribution in [0.5, 0.6) is 0 Å². The number of carboxylic acids is 1. The highest BCUT2D eigenvalue weighted by Gasteiger charge is 2.72. The number of hydrogen-bond acceptors (Lipinski definition) is 36. The minimum atomic E-state index is -2.21. The lowest BCUT2D eigenvalue weighted by molar-refractivity contribution is -0.391. The Kier molecular flexibility index (Phi) is 25.2. The van der Waals surface area contributed by atoms with Gasteiger partial charge < -0.3 is 168 Å². The van der Waals surface area contributed by atoms with Crippen molar-refractivity contribution in [2.24, 2.45) is 50.2 Å². The maximum atomic E-state index is 15.9. The van der Waals surface area contributed by atoms with E-state index in [0.717, 1.165) is 18.8 Å². The van der Waals surface area contributed by atoms with Crippen molar-refractivity contribution in [3.63, 3.8) is 0 Å². The summed E-state index contributed by atoms with van der Waals surface area (Å²) in [5.41, 5.74) is -3.60. The average molecular weight is 1570 g/mol. The molecule has 0 aromatic heterocycles. The van der Waals surface area contributed by atoms with Crippen molar-refractivity contribution >= 4 is 24.2 Å². The first-order valence-corrected chi connectivity index (χ1v) is 37.8. The molecule has 7 aliphatic heterocycles. The summed E-state index contributed by atoms with van der Waals surface area (Å²) in [4.78, 5) is 55.7. The normalized spacial score (nSPS) is 53.4. The number of carbonyl (C=O) groups excluding carboxylic acids is 3. The van der Waals surface area contributed by atoms with Gasteiger partial charge in [0.15, 0.2) is 56.1 Å². The van der Waals surface area contributed by atoms with Crippen molar-refractivity contribution in [3.8, 4) is 0 Å². The minimum absolute atomic E-state index is 0.125. The van der Waals surface area contributed by atoms with Gasteiger partial charge in [-0.2, -0.15) is 0 Å². The highest BCUT2D eigenvalue weighted by molar-refractivity contribution is 5.79. The van der Waals surface area contributed by atoms with E-state index in [2.05, 4.69) is 40.7 Å². The Hall–Kier alpha value is -3.38. The molecule has 4 saturated carbocycles. The van der Waals surface area contributed by atoms with Gasteiger partial charge in [0.2, 0.25) is 6.29 Å². The van der Waals surface area contributed by atoms with Crippen molar-refractivity contribution in [2.45, 2.75) is 335 Å². The predicted molar refractivity (Wildman–Crippen MR) is 356 cm³/mol. The van der Waals surface area contributed by atoms with Gasteiger partial charge in [-0.1, -0.05) is 53.2 Å². The number of carboxylic acid groups (broad SMARTS) is 1. The molecule has 0 radical (unpaired) electrons. The number of aliphatic hydroxyl groups is 17. The maximum Gasteiger partial charge on any atom is 0.335 e. The second kappa shape index (κ2) is 32.3. The summed E-state index contributed by atoms with van der Waals surface area (Å²) in [6, 6.07) is 0. The molecule has 5 aliphatic carbocycles. The highest BCUT2D eigenvalue weighted by Crippen LogP contribution is 2.76. The molecule has 7 saturated heterocycles. The first-order chi connectivity index (χ1) is 51.1. The third-order valence-corrected chi connectivity index (χ3v) is 27.1. The molecule has 37 nitrogen and oxygen atoms in total. The second-order valence-electron chi connectivity index (χ2n) is 34.1. The van der Waals surface area contributed by atoms with Crippen molar-refractivity contribution < 1.29 is 182 Å². The Labute approximate surface area is 628 Å². The van der Waals surface area contributed by atoms with Crippen LogP contribution in [0.1, 0.15) is 127 Å². The van der Waals surface area contributed by atoms with Gasteiger partial charge in [-0.15, -0.1) is 0 Å². The van der Waals surface area contributed by atoms with Gasteiger partial charge in [-0.05, 0) is 117 Å². The summed E-state index contributed by atoms with van der Waals surface area (Å²) in [6.45, 7) is 13.8. The summed E-state index contributed by atoms with van der Waals surface area (Å²) < 4.78 is 89.9. The van der Waals surface area contributed by atoms with Gasteiger partial charge in [-0.3, -0.25) is 9.59 Å². The predicted octanol–water partition coefficient (Wildman–Crippen LogP) is -5.39. The van der Waals surface area contributed by atoms with E-state index in [0.29, 0.717) is 57.8 Å². The summed E-state index contributed by atoms with van der Waals surface area (Å²) >= 11 is 0. The van der Waals surface area contributed by atoms with Crippen LogP contribution >= 0.6 is 0 Å². The average Bonchev–Trinajstić information content (AvgIpc) is 0.673. The Morgan fingerprint density at radius 1 is 0.486 bits per heavy atom. The highest BCUT2D eigenvalue weighted by atomic mass is 16.8. The third kappa shape index (κ3) is 15.0. The molecule has 0 spiro atoms. The fourth-order valence-electron chi connectivity index (χ4n) is 20.5. The quantitative estimate of drug-likeness (QED) is 0.0248. The smallest absolute Gasteiger partial charge is 0.335 e. The van der Waals surface area contributed by atoms with Gasteiger partial charge in [-0.25, -0.2) is 4.79 Å². The Bertz CT molecular complexity index is 3220. The van der Waals surface area contributed by atoms with Gasteiger partial charge in [0.1, 0.15) is 134 Å². The molecule has 37 heteroatoms. The molecule has 2 unspecified atom stereocenters. The van der Waals surface area contributed by atoms with Gasteiger partial charge in [0.25, 0.3) is 0 Å². The van der Waals surface area contributed by atoms with Crippen LogP contribution < -0.4 is 0 Å². The molecule has 0 bridgehead atoms. The molecule has 0 aromatic carbocycles. The number of hydrogen-bond donors (Lipinski definition) is 18. The van der Waals surface area contributed by atoms with Crippen molar-refractivity contribution in [1.29, 1.82) is 0 Å². The first kappa shape index (κ1) is 85.0. The maximum absolute atomic E-state index is 15.9. The molecule has 11 fully saturated rings. The Morgan fingerprint density at radius 2 is 1.02 bits per heavy atom. The number of aldehydes is 1. The SMILES string of the molecule is CC(=O)O[C@@H]1[C@H](O)[C@@H](O[C@@H]2O[C@@H](C)[C@H](O[C@@H]3OC[C@@H](O)[C@H](O[C@@H]4O[C@H](CO)[C@@H](O)[C@H](O)[C@H]4O)[C@H]3O)[C@@H](O)[C@H]2O)[C@H](OC(=O)[C@]23CCC(C)(C)C[C@H]2C2=CCC4[C@@]5(C)CC[C@H](O[C@@H]6O[C@H](C(=O)O)[C@@H](O)[C@H](O[C@@H]7OC[C@@H](O)[C@H](O)[C@H]7O)[C@H]6O[C@@H]6O[C@H](CO)[C@H](O)[C@H](O)[C@H]6O)[C@@](C)(C=O)C5CC[C@@]4(C)[C@]2(C)CC3)O[C@@H]1C. The number of esters is 2. The van der Waals surface area contributed by atoms with Gasteiger partial charge in [0, 0.05) is 6.92 Å². The minimum Gasteiger partial charge on any atom is -0.479 e. The molecule has 622 valence electrons. The molecule has 12 aliphatic rings. The summed E-state index contributed by atoms with van der Waals surface area (Å²) in [6.07, 6.45) is -53.0. The Balaban J connectivity index is 0.778.